The molecule has 0 aliphatic rings. The van der Waals surface area contributed by atoms with Gasteiger partial charge in [0.05, 0.1) is 5.56 Å². The SMILES string of the molecule is CCCNCCNC(=O)CCc1ccc(-c2ccccc2F)o1.Cl. The van der Waals surface area contributed by atoms with Gasteiger partial charge in [-0.3, -0.25) is 4.79 Å². The van der Waals surface area contributed by atoms with Crippen LogP contribution in [0.3, 0.4) is 0 Å². The van der Waals surface area contributed by atoms with Crippen LogP contribution in [-0.2, 0) is 11.2 Å². The lowest BCUT2D eigenvalue weighted by Crippen LogP contribution is -2.32. The number of halogens is 2. The molecule has 0 atom stereocenters. The summed E-state index contributed by atoms with van der Waals surface area (Å²) in [5.41, 5.74) is 0.435. The van der Waals surface area contributed by atoms with Gasteiger partial charge in [0.25, 0.3) is 0 Å². The van der Waals surface area contributed by atoms with Gasteiger partial charge in [-0.05, 0) is 37.2 Å². The molecule has 0 radical (unpaired) electrons. The number of carbonyl (C=O) groups is 1. The normalized spacial score (nSPS) is 10.2. The van der Waals surface area contributed by atoms with Gasteiger partial charge in [0.2, 0.25) is 5.91 Å². The maximum absolute atomic E-state index is 13.7. The van der Waals surface area contributed by atoms with Crippen molar-refractivity contribution in [3.63, 3.8) is 0 Å². The van der Waals surface area contributed by atoms with Crippen LogP contribution in [0.15, 0.2) is 40.8 Å². The maximum atomic E-state index is 13.7. The van der Waals surface area contributed by atoms with E-state index in [0.29, 0.717) is 36.5 Å². The van der Waals surface area contributed by atoms with E-state index in [4.69, 9.17) is 4.42 Å². The fourth-order valence-electron chi connectivity index (χ4n) is 2.24. The Labute approximate surface area is 148 Å². The summed E-state index contributed by atoms with van der Waals surface area (Å²) in [6, 6.07) is 10.0. The number of hydrogen-bond donors (Lipinski definition) is 2. The summed E-state index contributed by atoms with van der Waals surface area (Å²) in [4.78, 5) is 11.7. The summed E-state index contributed by atoms with van der Waals surface area (Å²) in [7, 11) is 0. The minimum absolute atomic E-state index is 0. The van der Waals surface area contributed by atoms with Crippen molar-refractivity contribution in [3.8, 4) is 11.3 Å². The quantitative estimate of drug-likeness (QED) is 0.677. The van der Waals surface area contributed by atoms with Gasteiger partial charge in [-0.15, -0.1) is 12.4 Å². The predicted molar refractivity (Wildman–Crippen MR) is 95.8 cm³/mol. The number of carbonyl (C=O) groups excluding carboxylic acids is 1. The van der Waals surface area contributed by atoms with Crippen LogP contribution < -0.4 is 10.6 Å². The highest BCUT2D eigenvalue weighted by Gasteiger charge is 2.10. The largest absolute Gasteiger partial charge is 0.461 e. The van der Waals surface area contributed by atoms with E-state index in [2.05, 4.69) is 17.6 Å². The molecule has 2 aromatic rings. The zero-order valence-electron chi connectivity index (χ0n) is 13.8. The topological polar surface area (TPSA) is 54.3 Å². The van der Waals surface area contributed by atoms with Crippen molar-refractivity contribution in [3.05, 3.63) is 48.0 Å². The van der Waals surface area contributed by atoms with Crippen LogP contribution in [0.4, 0.5) is 4.39 Å². The van der Waals surface area contributed by atoms with Gasteiger partial charge in [0.15, 0.2) is 0 Å². The monoisotopic (exact) mass is 354 g/mol. The third-order valence-electron chi connectivity index (χ3n) is 3.45. The number of furan rings is 1. The van der Waals surface area contributed by atoms with Crippen molar-refractivity contribution < 1.29 is 13.6 Å². The summed E-state index contributed by atoms with van der Waals surface area (Å²) in [5, 5.41) is 6.08. The highest BCUT2D eigenvalue weighted by Crippen LogP contribution is 2.25. The van der Waals surface area contributed by atoms with Crippen LogP contribution in [0.1, 0.15) is 25.5 Å². The summed E-state index contributed by atoms with van der Waals surface area (Å²) >= 11 is 0. The van der Waals surface area contributed by atoms with Crippen LogP contribution in [0.25, 0.3) is 11.3 Å². The standard InChI is InChI=1S/C18H23FN2O2.ClH/c1-2-11-20-12-13-21-18(22)10-8-14-7-9-17(23-14)15-5-3-4-6-16(15)19;/h3-7,9,20H,2,8,10-13H2,1H3,(H,21,22);1H. The lowest BCUT2D eigenvalue weighted by Gasteiger charge is -2.05. The van der Waals surface area contributed by atoms with Gasteiger partial charge in [-0.1, -0.05) is 19.1 Å². The van der Waals surface area contributed by atoms with E-state index in [9.17, 15) is 9.18 Å². The van der Waals surface area contributed by atoms with E-state index in [1.807, 2.05) is 0 Å². The van der Waals surface area contributed by atoms with Gasteiger partial charge in [0.1, 0.15) is 17.3 Å². The predicted octanol–water partition coefficient (Wildman–Crippen LogP) is 3.56. The van der Waals surface area contributed by atoms with Crippen LogP contribution in [0, 0.1) is 5.82 Å². The molecule has 4 nitrogen and oxygen atoms in total. The molecule has 0 spiro atoms. The molecule has 2 N–H and O–H groups in total. The molecular weight excluding hydrogens is 331 g/mol. The molecule has 1 aromatic carbocycles. The molecule has 24 heavy (non-hydrogen) atoms. The van der Waals surface area contributed by atoms with Crippen molar-refractivity contribution in [2.75, 3.05) is 19.6 Å². The number of rotatable bonds is 9. The molecule has 0 bridgehead atoms. The first-order valence-electron chi connectivity index (χ1n) is 8.01. The smallest absolute Gasteiger partial charge is 0.220 e. The Hall–Kier alpha value is -1.85. The Morgan fingerprint density at radius 3 is 2.67 bits per heavy atom. The molecule has 0 saturated carbocycles. The zero-order valence-corrected chi connectivity index (χ0v) is 14.6. The molecule has 1 heterocycles. The van der Waals surface area contributed by atoms with E-state index >= 15 is 0 Å². The van der Waals surface area contributed by atoms with Crippen molar-refractivity contribution in [1.29, 1.82) is 0 Å². The fraction of sp³-hybridized carbons (Fsp3) is 0.389. The summed E-state index contributed by atoms with van der Waals surface area (Å²) in [5.74, 6) is 0.850. The van der Waals surface area contributed by atoms with Crippen LogP contribution in [0.2, 0.25) is 0 Å². The van der Waals surface area contributed by atoms with Crippen molar-refractivity contribution >= 4 is 18.3 Å². The Bertz CT molecular complexity index is 631. The van der Waals surface area contributed by atoms with Gasteiger partial charge < -0.3 is 15.1 Å². The van der Waals surface area contributed by atoms with Crippen LogP contribution in [-0.4, -0.2) is 25.5 Å². The molecule has 1 amide bonds. The molecular formula is C18H24ClFN2O2. The number of nitrogens with one attached hydrogen (secondary N) is 2. The second-order valence-electron chi connectivity index (χ2n) is 5.35. The van der Waals surface area contributed by atoms with Crippen molar-refractivity contribution in [2.24, 2.45) is 0 Å². The Kier molecular flexibility index (Phi) is 9.12. The minimum Gasteiger partial charge on any atom is -0.461 e. The van der Waals surface area contributed by atoms with E-state index in [1.54, 1.807) is 30.3 Å². The Morgan fingerprint density at radius 2 is 1.92 bits per heavy atom. The molecule has 132 valence electrons. The van der Waals surface area contributed by atoms with Crippen molar-refractivity contribution in [1.82, 2.24) is 10.6 Å². The molecule has 0 unspecified atom stereocenters. The number of aryl methyl sites for hydroxylation is 1. The van der Waals surface area contributed by atoms with E-state index in [1.165, 1.54) is 6.07 Å². The molecule has 2 rings (SSSR count). The molecule has 0 saturated heterocycles. The summed E-state index contributed by atoms with van der Waals surface area (Å²) in [6.45, 7) is 4.46. The van der Waals surface area contributed by atoms with Crippen LogP contribution >= 0.6 is 12.4 Å². The first-order valence-corrected chi connectivity index (χ1v) is 8.01. The third kappa shape index (κ3) is 6.34. The lowest BCUT2D eigenvalue weighted by atomic mass is 10.1. The van der Waals surface area contributed by atoms with Gasteiger partial charge in [-0.2, -0.15) is 0 Å². The van der Waals surface area contributed by atoms with Gasteiger partial charge >= 0.3 is 0 Å². The highest BCUT2D eigenvalue weighted by molar-refractivity contribution is 5.85. The fourth-order valence-corrected chi connectivity index (χ4v) is 2.24. The van der Waals surface area contributed by atoms with E-state index in [0.717, 1.165) is 19.5 Å². The zero-order chi connectivity index (χ0) is 16.5. The molecule has 0 aliphatic heterocycles. The number of hydrogen-bond acceptors (Lipinski definition) is 3. The summed E-state index contributed by atoms with van der Waals surface area (Å²) < 4.78 is 19.3. The Balaban J connectivity index is 0.00000288. The van der Waals surface area contributed by atoms with E-state index in [-0.39, 0.29) is 24.1 Å². The maximum Gasteiger partial charge on any atom is 0.220 e. The van der Waals surface area contributed by atoms with Crippen molar-refractivity contribution in [2.45, 2.75) is 26.2 Å². The molecule has 1 aromatic heterocycles. The average molecular weight is 355 g/mol. The lowest BCUT2D eigenvalue weighted by molar-refractivity contribution is -0.121. The minimum atomic E-state index is -0.314. The highest BCUT2D eigenvalue weighted by atomic mass is 35.5. The van der Waals surface area contributed by atoms with Gasteiger partial charge in [-0.25, -0.2) is 4.39 Å². The third-order valence-corrected chi connectivity index (χ3v) is 3.45. The summed E-state index contributed by atoms with van der Waals surface area (Å²) in [6.07, 6.45) is 1.94. The molecule has 6 heteroatoms. The first-order chi connectivity index (χ1) is 11.2. The van der Waals surface area contributed by atoms with Crippen LogP contribution in [0.5, 0.6) is 0 Å². The van der Waals surface area contributed by atoms with Gasteiger partial charge in [0, 0.05) is 25.9 Å². The second-order valence-corrected chi connectivity index (χ2v) is 5.35. The Morgan fingerprint density at radius 1 is 1.12 bits per heavy atom. The number of amides is 1. The molecule has 0 aliphatic carbocycles. The molecule has 0 fully saturated rings. The second kappa shape index (κ2) is 10.8. The van der Waals surface area contributed by atoms with E-state index < -0.39 is 0 Å². The number of benzene rings is 1. The first kappa shape index (κ1) is 20.2. The average Bonchev–Trinajstić information content (AvgIpc) is 3.02.